The third-order valence-corrected chi connectivity index (χ3v) is 4.23. The molecule has 0 bridgehead atoms. The highest BCUT2D eigenvalue weighted by molar-refractivity contribution is 6.30. The summed E-state index contributed by atoms with van der Waals surface area (Å²) in [5.41, 5.74) is 2.03. The molecule has 6 nitrogen and oxygen atoms in total. The Balaban J connectivity index is 1.80. The van der Waals surface area contributed by atoms with Crippen LogP contribution in [-0.2, 0) is 6.54 Å². The van der Waals surface area contributed by atoms with Gasteiger partial charge in [0.15, 0.2) is 5.69 Å². The molecule has 1 N–H and O–H groups in total. The number of aromatic nitrogens is 3. The van der Waals surface area contributed by atoms with Crippen LogP contribution in [0.25, 0.3) is 0 Å². The van der Waals surface area contributed by atoms with E-state index in [2.05, 4.69) is 15.6 Å². The maximum Gasteiger partial charge on any atom is 0.274 e. The maximum absolute atomic E-state index is 12.7. The molecule has 3 aromatic rings. The Kier molecular flexibility index (Phi) is 5.19. The van der Waals surface area contributed by atoms with E-state index in [1.165, 1.54) is 0 Å². The zero-order valence-corrected chi connectivity index (χ0v) is 14.8. The van der Waals surface area contributed by atoms with Gasteiger partial charge in [-0.2, -0.15) is 5.10 Å². The van der Waals surface area contributed by atoms with Crippen LogP contribution in [0, 0.1) is 6.92 Å². The molecule has 1 aromatic carbocycles. The summed E-state index contributed by atoms with van der Waals surface area (Å²) in [5, 5.41) is 11.6. The Labute approximate surface area is 150 Å². The van der Waals surface area contributed by atoms with Gasteiger partial charge in [0, 0.05) is 11.8 Å². The summed E-state index contributed by atoms with van der Waals surface area (Å²) in [4.78, 5) is 12.7. The van der Waals surface area contributed by atoms with Crippen LogP contribution in [0.1, 0.15) is 46.8 Å². The molecular weight excluding hydrogens is 340 g/mol. The molecule has 0 radical (unpaired) electrons. The van der Waals surface area contributed by atoms with E-state index < -0.39 is 0 Å². The van der Waals surface area contributed by atoms with Crippen molar-refractivity contribution in [2.24, 2.45) is 0 Å². The van der Waals surface area contributed by atoms with Crippen molar-refractivity contribution >= 4 is 17.5 Å². The normalized spacial score (nSPS) is 12.1. The fourth-order valence-electron chi connectivity index (χ4n) is 2.68. The SMILES string of the molecule is CCC(NC(=O)c1noc(C)c1Cn1cc(Cl)cn1)c1ccccc1. The quantitative estimate of drug-likeness (QED) is 0.728. The second-order valence-corrected chi connectivity index (χ2v) is 6.20. The zero-order valence-electron chi connectivity index (χ0n) is 14.1. The van der Waals surface area contributed by atoms with Crippen molar-refractivity contribution < 1.29 is 9.32 Å². The van der Waals surface area contributed by atoms with Gasteiger partial charge < -0.3 is 9.84 Å². The standard InChI is InChI=1S/C18H19ClN4O2/c1-3-16(13-7-5-4-6-8-13)21-18(24)17-15(12(2)25-22-17)11-23-10-14(19)9-20-23/h4-10,16H,3,11H2,1-2H3,(H,21,24). The number of rotatable bonds is 6. The zero-order chi connectivity index (χ0) is 17.8. The molecule has 130 valence electrons. The monoisotopic (exact) mass is 358 g/mol. The number of aryl methyl sites for hydroxylation is 1. The van der Waals surface area contributed by atoms with Gasteiger partial charge in [-0.25, -0.2) is 0 Å². The minimum absolute atomic E-state index is 0.0855. The predicted molar refractivity (Wildman–Crippen MR) is 94.5 cm³/mol. The fraction of sp³-hybridized carbons (Fsp3) is 0.278. The minimum Gasteiger partial charge on any atom is -0.361 e. The Morgan fingerprint density at radius 3 is 2.76 bits per heavy atom. The Hall–Kier alpha value is -2.60. The van der Waals surface area contributed by atoms with Gasteiger partial charge in [0.25, 0.3) is 5.91 Å². The van der Waals surface area contributed by atoms with Crippen LogP contribution in [0.4, 0.5) is 0 Å². The maximum atomic E-state index is 12.7. The van der Waals surface area contributed by atoms with Crippen molar-refractivity contribution in [1.29, 1.82) is 0 Å². The van der Waals surface area contributed by atoms with Crippen molar-refractivity contribution in [3.8, 4) is 0 Å². The van der Waals surface area contributed by atoms with Crippen molar-refractivity contribution in [1.82, 2.24) is 20.3 Å². The molecule has 0 aliphatic rings. The lowest BCUT2D eigenvalue weighted by Crippen LogP contribution is -2.29. The van der Waals surface area contributed by atoms with E-state index in [1.807, 2.05) is 37.3 Å². The second kappa shape index (κ2) is 7.53. The van der Waals surface area contributed by atoms with Gasteiger partial charge in [-0.05, 0) is 18.9 Å². The van der Waals surface area contributed by atoms with E-state index >= 15 is 0 Å². The summed E-state index contributed by atoms with van der Waals surface area (Å²) in [5.74, 6) is 0.324. The van der Waals surface area contributed by atoms with Crippen molar-refractivity contribution in [2.45, 2.75) is 32.9 Å². The first-order valence-electron chi connectivity index (χ1n) is 8.07. The van der Waals surface area contributed by atoms with Gasteiger partial charge in [-0.3, -0.25) is 9.48 Å². The molecule has 3 rings (SSSR count). The average Bonchev–Trinajstić information content (AvgIpc) is 3.20. The van der Waals surface area contributed by atoms with Crippen LogP contribution >= 0.6 is 11.6 Å². The Bertz CT molecular complexity index is 857. The smallest absolute Gasteiger partial charge is 0.274 e. The summed E-state index contributed by atoms with van der Waals surface area (Å²) >= 11 is 5.90. The van der Waals surface area contributed by atoms with Crippen LogP contribution in [-0.4, -0.2) is 20.8 Å². The molecule has 0 fully saturated rings. The highest BCUT2D eigenvalue weighted by Gasteiger charge is 2.23. The highest BCUT2D eigenvalue weighted by Crippen LogP contribution is 2.20. The first-order valence-corrected chi connectivity index (χ1v) is 8.45. The lowest BCUT2D eigenvalue weighted by Gasteiger charge is -2.17. The molecule has 1 atom stereocenters. The molecule has 0 aliphatic carbocycles. The number of nitrogens with zero attached hydrogens (tertiary/aromatic N) is 3. The second-order valence-electron chi connectivity index (χ2n) is 5.77. The minimum atomic E-state index is -0.263. The lowest BCUT2D eigenvalue weighted by molar-refractivity contribution is 0.0925. The van der Waals surface area contributed by atoms with Crippen LogP contribution in [0.5, 0.6) is 0 Å². The summed E-state index contributed by atoms with van der Waals surface area (Å²) < 4.78 is 6.88. The average molecular weight is 359 g/mol. The largest absolute Gasteiger partial charge is 0.361 e. The molecule has 2 aromatic heterocycles. The molecule has 0 aliphatic heterocycles. The van der Waals surface area contributed by atoms with Gasteiger partial charge in [0.2, 0.25) is 0 Å². The number of halogens is 1. The topological polar surface area (TPSA) is 73.0 Å². The number of amides is 1. The van der Waals surface area contributed by atoms with Gasteiger partial charge >= 0.3 is 0 Å². The van der Waals surface area contributed by atoms with Gasteiger partial charge in [0.05, 0.1) is 23.8 Å². The van der Waals surface area contributed by atoms with E-state index in [1.54, 1.807) is 24.0 Å². The Morgan fingerprint density at radius 2 is 2.12 bits per heavy atom. The summed E-state index contributed by atoms with van der Waals surface area (Å²) in [6.07, 6.45) is 4.01. The molecule has 1 unspecified atom stereocenters. The first-order chi connectivity index (χ1) is 12.1. The summed E-state index contributed by atoms with van der Waals surface area (Å²) in [6.45, 7) is 4.17. The van der Waals surface area contributed by atoms with Crippen LogP contribution in [0.15, 0.2) is 47.2 Å². The van der Waals surface area contributed by atoms with E-state index in [0.717, 1.165) is 12.0 Å². The molecule has 7 heteroatoms. The molecule has 0 spiro atoms. The van der Waals surface area contributed by atoms with Crippen molar-refractivity contribution in [2.75, 3.05) is 0 Å². The number of carbonyl (C=O) groups excluding carboxylic acids is 1. The third-order valence-electron chi connectivity index (χ3n) is 4.04. The molecule has 0 saturated carbocycles. The number of nitrogens with one attached hydrogen (secondary N) is 1. The van der Waals surface area contributed by atoms with Gasteiger partial charge in [-0.1, -0.05) is 54.0 Å². The van der Waals surface area contributed by atoms with E-state index in [4.69, 9.17) is 16.1 Å². The van der Waals surface area contributed by atoms with E-state index in [-0.39, 0.29) is 17.6 Å². The fourth-order valence-corrected chi connectivity index (χ4v) is 2.83. The third kappa shape index (κ3) is 3.91. The summed E-state index contributed by atoms with van der Waals surface area (Å²) in [6, 6.07) is 9.77. The number of hydrogen-bond acceptors (Lipinski definition) is 4. The Morgan fingerprint density at radius 1 is 1.36 bits per heavy atom. The molecule has 2 heterocycles. The van der Waals surface area contributed by atoms with Crippen molar-refractivity contribution in [3.63, 3.8) is 0 Å². The molecule has 25 heavy (non-hydrogen) atoms. The molecule has 0 saturated heterocycles. The molecular formula is C18H19ClN4O2. The van der Waals surface area contributed by atoms with Gasteiger partial charge in [-0.15, -0.1) is 0 Å². The van der Waals surface area contributed by atoms with Gasteiger partial charge in [0.1, 0.15) is 5.76 Å². The predicted octanol–water partition coefficient (Wildman–Crippen LogP) is 3.76. The number of benzene rings is 1. The summed E-state index contributed by atoms with van der Waals surface area (Å²) in [7, 11) is 0. The highest BCUT2D eigenvalue weighted by atomic mass is 35.5. The molecule has 1 amide bonds. The number of hydrogen-bond donors (Lipinski definition) is 1. The van der Waals surface area contributed by atoms with E-state index in [0.29, 0.717) is 22.9 Å². The van der Waals surface area contributed by atoms with Crippen molar-refractivity contribution in [3.05, 3.63) is 70.3 Å². The first kappa shape index (κ1) is 17.2. The van der Waals surface area contributed by atoms with E-state index in [9.17, 15) is 4.79 Å². The lowest BCUT2D eigenvalue weighted by atomic mass is 10.0. The van der Waals surface area contributed by atoms with Crippen LogP contribution in [0.3, 0.4) is 0 Å². The van der Waals surface area contributed by atoms with Crippen LogP contribution in [0.2, 0.25) is 5.02 Å². The number of carbonyl (C=O) groups is 1. The van der Waals surface area contributed by atoms with Crippen LogP contribution < -0.4 is 5.32 Å².